The number of nitrogens with zero attached hydrogens (tertiary/aromatic N) is 3. The summed E-state index contributed by atoms with van der Waals surface area (Å²) in [6.45, 7) is 0. The third-order valence-corrected chi connectivity index (χ3v) is 2.31. The van der Waals surface area contributed by atoms with Gasteiger partial charge in [0.05, 0.1) is 13.3 Å². The van der Waals surface area contributed by atoms with Gasteiger partial charge in [-0.1, -0.05) is 0 Å². The van der Waals surface area contributed by atoms with E-state index in [4.69, 9.17) is 10.6 Å². The first-order valence-electron chi connectivity index (χ1n) is 5.07. The highest BCUT2D eigenvalue weighted by atomic mass is 16.5. The lowest BCUT2D eigenvalue weighted by Crippen LogP contribution is -2.30. The highest BCUT2D eigenvalue weighted by Gasteiger charge is 2.15. The highest BCUT2D eigenvalue weighted by Crippen LogP contribution is 2.20. The van der Waals surface area contributed by atoms with Gasteiger partial charge in [0.2, 0.25) is 0 Å². The molecule has 1 unspecified atom stereocenters. The van der Waals surface area contributed by atoms with Crippen molar-refractivity contribution >= 4 is 0 Å². The average molecular weight is 231 g/mol. The number of hydrogen-bond donors (Lipinski definition) is 2. The highest BCUT2D eigenvalue weighted by molar-refractivity contribution is 5.29. The van der Waals surface area contributed by atoms with Crippen molar-refractivity contribution in [3.63, 3.8) is 0 Å². The largest absolute Gasteiger partial charge is 0.495 e. The lowest BCUT2D eigenvalue weighted by atomic mass is 10.1. The van der Waals surface area contributed by atoms with Crippen LogP contribution in [0.1, 0.15) is 17.4 Å². The fraction of sp³-hybridized carbons (Fsp3) is 0.182. The molecule has 0 aliphatic carbocycles. The van der Waals surface area contributed by atoms with Crippen LogP contribution in [0.15, 0.2) is 36.9 Å². The molecule has 17 heavy (non-hydrogen) atoms. The fourth-order valence-corrected chi connectivity index (χ4v) is 1.48. The summed E-state index contributed by atoms with van der Waals surface area (Å²) < 4.78 is 5.11. The molecule has 3 N–H and O–H groups in total. The molecule has 0 saturated carbocycles. The Morgan fingerprint density at radius 3 is 2.71 bits per heavy atom. The number of nitrogens with one attached hydrogen (secondary N) is 1. The summed E-state index contributed by atoms with van der Waals surface area (Å²) in [6.07, 6.45) is 6.66. The normalized spacial score (nSPS) is 12.1. The Balaban J connectivity index is 2.35. The van der Waals surface area contributed by atoms with Gasteiger partial charge >= 0.3 is 0 Å². The molecule has 6 nitrogen and oxygen atoms in total. The van der Waals surface area contributed by atoms with Crippen LogP contribution in [-0.4, -0.2) is 22.1 Å². The molecule has 1 atom stereocenters. The molecule has 2 heterocycles. The molecule has 6 heteroatoms. The molecule has 0 saturated heterocycles. The zero-order valence-corrected chi connectivity index (χ0v) is 9.37. The Hall–Kier alpha value is -2.05. The first-order chi connectivity index (χ1) is 8.35. The van der Waals surface area contributed by atoms with E-state index in [-0.39, 0.29) is 6.04 Å². The second-order valence-corrected chi connectivity index (χ2v) is 3.36. The second-order valence-electron chi connectivity index (χ2n) is 3.36. The van der Waals surface area contributed by atoms with Crippen molar-refractivity contribution in [3.8, 4) is 5.75 Å². The lowest BCUT2D eigenvalue weighted by molar-refractivity contribution is 0.411. The van der Waals surface area contributed by atoms with E-state index < -0.39 is 0 Å². The minimum absolute atomic E-state index is 0.307. The van der Waals surface area contributed by atoms with Crippen LogP contribution in [0.4, 0.5) is 0 Å². The Bertz CT molecular complexity index is 476. The first kappa shape index (κ1) is 11.4. The maximum absolute atomic E-state index is 5.53. The van der Waals surface area contributed by atoms with Crippen LogP contribution in [0.2, 0.25) is 0 Å². The summed E-state index contributed by atoms with van der Waals surface area (Å²) in [4.78, 5) is 12.4. The third kappa shape index (κ3) is 2.55. The Morgan fingerprint density at radius 1 is 1.29 bits per heavy atom. The number of hydrogen-bond acceptors (Lipinski definition) is 6. The summed E-state index contributed by atoms with van der Waals surface area (Å²) in [6, 6.07) is 3.29. The molecule has 0 aliphatic rings. The number of methoxy groups -OCH3 is 1. The molecule has 0 aromatic carbocycles. The van der Waals surface area contributed by atoms with Crippen LogP contribution >= 0.6 is 0 Å². The van der Waals surface area contributed by atoms with E-state index in [1.807, 2.05) is 6.07 Å². The van der Waals surface area contributed by atoms with Crippen LogP contribution in [0.3, 0.4) is 0 Å². The number of rotatable bonds is 4. The van der Waals surface area contributed by atoms with Crippen molar-refractivity contribution in [3.05, 3.63) is 48.3 Å². The molecule has 0 bridgehead atoms. The van der Waals surface area contributed by atoms with E-state index >= 15 is 0 Å². The van der Waals surface area contributed by atoms with Gasteiger partial charge in [-0.2, -0.15) is 0 Å². The molecule has 0 spiro atoms. The van der Waals surface area contributed by atoms with Crippen molar-refractivity contribution in [2.75, 3.05) is 7.11 Å². The van der Waals surface area contributed by atoms with Gasteiger partial charge in [-0.15, -0.1) is 0 Å². The van der Waals surface area contributed by atoms with Crippen molar-refractivity contribution in [1.82, 2.24) is 20.4 Å². The van der Waals surface area contributed by atoms with Crippen molar-refractivity contribution in [2.24, 2.45) is 5.84 Å². The Morgan fingerprint density at radius 2 is 2.06 bits per heavy atom. The van der Waals surface area contributed by atoms with Gasteiger partial charge in [-0.3, -0.25) is 10.8 Å². The van der Waals surface area contributed by atoms with Crippen LogP contribution in [0, 0.1) is 0 Å². The van der Waals surface area contributed by atoms with Crippen LogP contribution in [0.25, 0.3) is 0 Å². The summed E-state index contributed by atoms with van der Waals surface area (Å²) in [5.41, 5.74) is 3.51. The fourth-order valence-electron chi connectivity index (χ4n) is 1.48. The van der Waals surface area contributed by atoms with Crippen LogP contribution in [0.5, 0.6) is 5.75 Å². The van der Waals surface area contributed by atoms with Crippen molar-refractivity contribution < 1.29 is 4.74 Å². The smallest absolute Gasteiger partial charge is 0.150 e. The molecule has 88 valence electrons. The van der Waals surface area contributed by atoms with E-state index in [0.717, 1.165) is 5.56 Å². The van der Waals surface area contributed by atoms with E-state index in [2.05, 4.69) is 20.4 Å². The minimum Gasteiger partial charge on any atom is -0.495 e. The number of ether oxygens (including phenoxy) is 1. The predicted molar refractivity (Wildman–Crippen MR) is 62.0 cm³/mol. The van der Waals surface area contributed by atoms with E-state index in [1.165, 1.54) is 0 Å². The molecule has 0 fully saturated rings. The molecular formula is C11H13N5O. The topological polar surface area (TPSA) is 86.0 Å². The quantitative estimate of drug-likeness (QED) is 0.586. The molecule has 0 radical (unpaired) electrons. The monoisotopic (exact) mass is 231 g/mol. The Labute approximate surface area is 98.9 Å². The Kier molecular flexibility index (Phi) is 3.59. The standard InChI is InChI=1S/C11H13N5O/c1-17-9-5-8(6-13-7-9)10(16-12)11-14-3-2-4-15-11/h2-7,10,16H,12H2,1H3. The molecule has 2 rings (SSSR count). The first-order valence-corrected chi connectivity index (χ1v) is 5.07. The molecular weight excluding hydrogens is 218 g/mol. The maximum atomic E-state index is 5.53. The van der Waals surface area contributed by atoms with E-state index in [1.54, 1.807) is 38.0 Å². The molecule has 0 amide bonds. The van der Waals surface area contributed by atoms with Gasteiger partial charge in [0.1, 0.15) is 11.8 Å². The lowest BCUT2D eigenvalue weighted by Gasteiger charge is -2.14. The van der Waals surface area contributed by atoms with Gasteiger partial charge in [0.25, 0.3) is 0 Å². The molecule has 2 aromatic heterocycles. The molecule has 2 aromatic rings. The summed E-state index contributed by atoms with van der Waals surface area (Å²) in [7, 11) is 1.59. The molecule has 0 aliphatic heterocycles. The zero-order valence-electron chi connectivity index (χ0n) is 9.37. The maximum Gasteiger partial charge on any atom is 0.150 e. The predicted octanol–water partition coefficient (Wildman–Crippen LogP) is 0.433. The van der Waals surface area contributed by atoms with Crippen molar-refractivity contribution in [2.45, 2.75) is 6.04 Å². The minimum atomic E-state index is -0.307. The van der Waals surface area contributed by atoms with Crippen molar-refractivity contribution in [1.29, 1.82) is 0 Å². The summed E-state index contributed by atoms with van der Waals surface area (Å²) in [5, 5.41) is 0. The number of aromatic nitrogens is 3. The number of nitrogens with two attached hydrogens (primary N) is 1. The number of hydrazine groups is 1. The van der Waals surface area contributed by atoms with Gasteiger partial charge in [0.15, 0.2) is 5.82 Å². The van der Waals surface area contributed by atoms with Crippen LogP contribution < -0.4 is 16.0 Å². The zero-order chi connectivity index (χ0) is 12.1. The van der Waals surface area contributed by atoms with Gasteiger partial charge in [-0.05, 0) is 17.7 Å². The van der Waals surface area contributed by atoms with Gasteiger partial charge in [0, 0.05) is 18.6 Å². The average Bonchev–Trinajstić information content (AvgIpc) is 2.41. The summed E-state index contributed by atoms with van der Waals surface area (Å²) >= 11 is 0. The van der Waals surface area contributed by atoms with Crippen LogP contribution in [-0.2, 0) is 0 Å². The summed E-state index contributed by atoms with van der Waals surface area (Å²) in [5.74, 6) is 6.78. The van der Waals surface area contributed by atoms with Gasteiger partial charge < -0.3 is 4.74 Å². The van der Waals surface area contributed by atoms with E-state index in [9.17, 15) is 0 Å². The SMILES string of the molecule is COc1cncc(C(NN)c2ncccn2)c1. The number of pyridine rings is 1. The van der Waals surface area contributed by atoms with E-state index in [0.29, 0.717) is 11.6 Å². The second kappa shape index (κ2) is 5.33. The third-order valence-electron chi connectivity index (χ3n) is 2.31. The van der Waals surface area contributed by atoms with Gasteiger partial charge in [-0.25, -0.2) is 15.4 Å².